The summed E-state index contributed by atoms with van der Waals surface area (Å²) in [5.74, 6) is -0.875. The second-order valence-corrected chi connectivity index (χ2v) is 12.4. The summed E-state index contributed by atoms with van der Waals surface area (Å²) in [4.78, 5) is 28.3. The molecule has 8 nitrogen and oxygen atoms in total. The van der Waals surface area contributed by atoms with Crippen molar-refractivity contribution in [1.29, 1.82) is 0 Å². The van der Waals surface area contributed by atoms with Crippen molar-refractivity contribution in [2.75, 3.05) is 18.0 Å². The third kappa shape index (κ3) is 7.60. The van der Waals surface area contributed by atoms with Gasteiger partial charge in [-0.3, -0.25) is 13.9 Å². The fraction of sp³-hybridized carbons (Fsp3) is 0.286. The van der Waals surface area contributed by atoms with Gasteiger partial charge < -0.3 is 15.0 Å². The summed E-state index contributed by atoms with van der Waals surface area (Å²) in [5, 5.41) is 3.75. The van der Waals surface area contributed by atoms with E-state index in [0.717, 1.165) is 4.31 Å². The SMILES string of the molecule is COc1ccc(Cl)cc1N(CC(=O)N(Cc1ccc(Cl)cc1Cl)C(C)C(=O)NC(C)C)S(=O)(=O)c1ccccc1. The van der Waals surface area contributed by atoms with E-state index in [-0.39, 0.29) is 33.9 Å². The lowest BCUT2D eigenvalue weighted by Gasteiger charge is -2.33. The zero-order valence-corrected chi connectivity index (χ0v) is 25.5. The van der Waals surface area contributed by atoms with E-state index in [4.69, 9.17) is 39.5 Å². The molecule has 2 amide bonds. The molecule has 1 atom stereocenters. The van der Waals surface area contributed by atoms with Crippen LogP contribution in [0.2, 0.25) is 15.1 Å². The normalized spacial score (nSPS) is 12.1. The van der Waals surface area contributed by atoms with E-state index < -0.39 is 34.4 Å². The molecule has 0 aromatic heterocycles. The minimum atomic E-state index is -4.28. The van der Waals surface area contributed by atoms with Gasteiger partial charge in [-0.15, -0.1) is 0 Å². The van der Waals surface area contributed by atoms with Gasteiger partial charge in [-0.2, -0.15) is 0 Å². The van der Waals surface area contributed by atoms with E-state index in [1.54, 1.807) is 57.2 Å². The summed E-state index contributed by atoms with van der Waals surface area (Å²) in [7, 11) is -2.90. The first-order chi connectivity index (χ1) is 18.8. The molecule has 3 rings (SSSR count). The number of sulfonamides is 1. The Morgan fingerprint density at radius 1 is 0.925 bits per heavy atom. The number of anilines is 1. The lowest BCUT2D eigenvalue weighted by atomic mass is 10.1. The molecule has 3 aromatic rings. The summed E-state index contributed by atoms with van der Waals surface area (Å²) in [5.41, 5.74) is 0.595. The van der Waals surface area contributed by atoms with Crippen molar-refractivity contribution in [3.05, 3.63) is 87.4 Å². The minimum Gasteiger partial charge on any atom is -0.495 e. The van der Waals surface area contributed by atoms with E-state index in [9.17, 15) is 18.0 Å². The summed E-state index contributed by atoms with van der Waals surface area (Å²) >= 11 is 18.7. The molecule has 0 radical (unpaired) electrons. The lowest BCUT2D eigenvalue weighted by molar-refractivity contribution is -0.139. The van der Waals surface area contributed by atoms with Gasteiger partial charge in [0.1, 0.15) is 18.3 Å². The first kappa shape index (κ1) is 31.5. The highest BCUT2D eigenvalue weighted by Gasteiger charge is 2.34. The van der Waals surface area contributed by atoms with E-state index >= 15 is 0 Å². The van der Waals surface area contributed by atoms with Gasteiger partial charge in [0.25, 0.3) is 10.0 Å². The summed E-state index contributed by atoms with van der Waals surface area (Å²) in [6, 6.07) is 15.8. The molecule has 0 heterocycles. The molecule has 40 heavy (non-hydrogen) atoms. The minimum absolute atomic E-state index is 0.0391. The molecule has 0 saturated heterocycles. The van der Waals surface area contributed by atoms with Crippen LogP contribution in [-0.4, -0.2) is 50.9 Å². The Morgan fingerprint density at radius 3 is 2.15 bits per heavy atom. The van der Waals surface area contributed by atoms with Crippen molar-refractivity contribution in [3.63, 3.8) is 0 Å². The van der Waals surface area contributed by atoms with Crippen LogP contribution in [0.25, 0.3) is 0 Å². The molecular formula is C28H30Cl3N3O5S. The third-order valence-corrected chi connectivity index (χ3v) is 8.57. The van der Waals surface area contributed by atoms with Crippen LogP contribution in [0.15, 0.2) is 71.6 Å². The second kappa shape index (κ2) is 13.6. The zero-order valence-electron chi connectivity index (χ0n) is 22.4. The molecule has 0 bridgehead atoms. The molecule has 1 unspecified atom stereocenters. The number of ether oxygens (including phenoxy) is 1. The predicted octanol–water partition coefficient (Wildman–Crippen LogP) is 5.79. The zero-order chi connectivity index (χ0) is 29.6. The highest BCUT2D eigenvalue weighted by Crippen LogP contribution is 2.35. The van der Waals surface area contributed by atoms with Crippen LogP contribution in [0.4, 0.5) is 5.69 Å². The average molecular weight is 627 g/mol. The molecule has 1 N–H and O–H groups in total. The van der Waals surface area contributed by atoms with Crippen molar-refractivity contribution in [2.45, 2.75) is 44.3 Å². The Morgan fingerprint density at radius 2 is 1.55 bits per heavy atom. The van der Waals surface area contributed by atoms with Gasteiger partial charge in [0, 0.05) is 27.7 Å². The molecule has 0 aliphatic heterocycles. The van der Waals surface area contributed by atoms with Gasteiger partial charge in [0.05, 0.1) is 17.7 Å². The maximum absolute atomic E-state index is 14.0. The number of halogens is 3. The van der Waals surface area contributed by atoms with Gasteiger partial charge in [-0.1, -0.05) is 59.1 Å². The number of carbonyl (C=O) groups is 2. The molecule has 0 fully saturated rings. The number of benzene rings is 3. The molecule has 0 aliphatic rings. The van der Waals surface area contributed by atoms with Crippen LogP contribution >= 0.6 is 34.8 Å². The van der Waals surface area contributed by atoms with Gasteiger partial charge in [0.2, 0.25) is 11.8 Å². The number of amides is 2. The van der Waals surface area contributed by atoms with Gasteiger partial charge in [0.15, 0.2) is 0 Å². The van der Waals surface area contributed by atoms with Crippen molar-refractivity contribution >= 4 is 62.3 Å². The predicted molar refractivity (Wildman–Crippen MR) is 159 cm³/mol. The van der Waals surface area contributed by atoms with Gasteiger partial charge in [-0.05, 0) is 68.8 Å². The largest absolute Gasteiger partial charge is 0.495 e. The molecular weight excluding hydrogens is 597 g/mol. The Labute approximate surface area is 249 Å². The van der Waals surface area contributed by atoms with Crippen LogP contribution in [-0.2, 0) is 26.2 Å². The van der Waals surface area contributed by atoms with E-state index in [2.05, 4.69) is 5.32 Å². The maximum Gasteiger partial charge on any atom is 0.264 e. The number of hydrogen-bond donors (Lipinski definition) is 1. The van der Waals surface area contributed by atoms with Crippen molar-refractivity contribution in [2.24, 2.45) is 0 Å². The average Bonchev–Trinajstić information content (AvgIpc) is 2.90. The molecule has 0 saturated carbocycles. The monoisotopic (exact) mass is 625 g/mol. The Balaban J connectivity index is 2.11. The molecule has 214 valence electrons. The Hall–Kier alpha value is -2.98. The number of carbonyl (C=O) groups excluding carboxylic acids is 2. The number of methoxy groups -OCH3 is 1. The molecule has 0 aliphatic carbocycles. The van der Waals surface area contributed by atoms with Gasteiger partial charge >= 0.3 is 0 Å². The molecule has 3 aromatic carbocycles. The van der Waals surface area contributed by atoms with Crippen LogP contribution in [0.1, 0.15) is 26.3 Å². The van der Waals surface area contributed by atoms with Crippen LogP contribution in [0, 0.1) is 0 Å². The topological polar surface area (TPSA) is 96.0 Å². The van der Waals surface area contributed by atoms with E-state index in [1.165, 1.54) is 42.3 Å². The number of nitrogens with one attached hydrogen (secondary N) is 1. The van der Waals surface area contributed by atoms with Crippen LogP contribution in [0.3, 0.4) is 0 Å². The fourth-order valence-electron chi connectivity index (χ4n) is 3.91. The van der Waals surface area contributed by atoms with Crippen molar-refractivity contribution in [1.82, 2.24) is 10.2 Å². The van der Waals surface area contributed by atoms with Crippen molar-refractivity contribution in [3.8, 4) is 5.75 Å². The first-order valence-corrected chi connectivity index (χ1v) is 14.9. The summed E-state index contributed by atoms with van der Waals surface area (Å²) in [6.45, 7) is 4.43. The maximum atomic E-state index is 14.0. The lowest BCUT2D eigenvalue weighted by Crippen LogP contribution is -2.52. The Kier molecular flexibility index (Phi) is 10.7. The van der Waals surface area contributed by atoms with Crippen LogP contribution in [0.5, 0.6) is 5.75 Å². The highest BCUT2D eigenvalue weighted by molar-refractivity contribution is 7.92. The quantitative estimate of drug-likeness (QED) is 0.291. The standard InChI is InChI=1S/C28H30Cl3N3O5S/c1-18(2)32-28(36)19(3)33(16-20-10-11-21(29)14-24(20)31)27(35)17-34(25-15-22(30)12-13-26(25)39-4)40(37,38)23-8-6-5-7-9-23/h5-15,18-19H,16-17H2,1-4H3,(H,32,36). The summed E-state index contributed by atoms with van der Waals surface area (Å²) < 4.78 is 34.2. The Bertz CT molecular complexity index is 1470. The first-order valence-electron chi connectivity index (χ1n) is 12.3. The smallest absolute Gasteiger partial charge is 0.264 e. The number of hydrogen-bond acceptors (Lipinski definition) is 5. The summed E-state index contributed by atoms with van der Waals surface area (Å²) in [6.07, 6.45) is 0. The van der Waals surface area contributed by atoms with Gasteiger partial charge in [-0.25, -0.2) is 8.42 Å². The molecule has 0 spiro atoms. The number of rotatable bonds is 11. The van der Waals surface area contributed by atoms with E-state index in [0.29, 0.717) is 15.6 Å². The van der Waals surface area contributed by atoms with E-state index in [1.807, 2.05) is 0 Å². The van der Waals surface area contributed by atoms with Crippen LogP contribution < -0.4 is 14.4 Å². The highest BCUT2D eigenvalue weighted by atomic mass is 35.5. The number of nitrogens with zero attached hydrogens (tertiary/aromatic N) is 2. The fourth-order valence-corrected chi connectivity index (χ4v) is 5.98. The second-order valence-electron chi connectivity index (χ2n) is 9.24. The third-order valence-electron chi connectivity index (χ3n) is 5.97. The van der Waals surface area contributed by atoms with Crippen molar-refractivity contribution < 1.29 is 22.7 Å². The molecule has 12 heteroatoms.